The van der Waals surface area contributed by atoms with Crippen molar-refractivity contribution in [3.05, 3.63) is 34.9 Å². The third-order valence-corrected chi connectivity index (χ3v) is 3.41. The molecule has 0 amide bonds. The highest BCUT2D eigenvalue weighted by Gasteiger charge is 2.22. The number of benzene rings is 1. The molecule has 0 aromatic heterocycles. The first-order chi connectivity index (χ1) is 7.24. The fraction of sp³-hybridized carbons (Fsp3) is 0.571. The Labute approximate surface area is 92.9 Å². The van der Waals surface area contributed by atoms with E-state index in [1.165, 1.54) is 24.0 Å². The number of fused-ring (bicyclic) bond motifs is 1. The van der Waals surface area contributed by atoms with Gasteiger partial charge in [0.2, 0.25) is 0 Å². The highest BCUT2D eigenvalue weighted by atomic mass is 15.0. The molecule has 0 fully saturated rings. The molecule has 1 heteroatoms. The lowest BCUT2D eigenvalue weighted by atomic mass is 9.88. The van der Waals surface area contributed by atoms with Crippen molar-refractivity contribution in [2.45, 2.75) is 52.1 Å². The molecule has 15 heavy (non-hydrogen) atoms. The van der Waals surface area contributed by atoms with Crippen LogP contribution in [0.3, 0.4) is 0 Å². The fourth-order valence-electron chi connectivity index (χ4n) is 2.56. The molecular formula is C14H21N. The molecule has 2 atom stereocenters. The summed E-state index contributed by atoms with van der Waals surface area (Å²) in [5.74, 6) is 0. The highest BCUT2D eigenvalue weighted by molar-refractivity contribution is 5.36. The molecule has 2 rings (SSSR count). The van der Waals surface area contributed by atoms with Gasteiger partial charge >= 0.3 is 0 Å². The van der Waals surface area contributed by atoms with Crippen molar-refractivity contribution in [3.63, 3.8) is 0 Å². The zero-order chi connectivity index (χ0) is 10.8. The Balaban J connectivity index is 2.37. The SMILES string of the molecule is CCc1ccc2c(c1)CC(C)NC2CC. The predicted octanol–water partition coefficient (Wildman–Crippen LogP) is 3.23. The van der Waals surface area contributed by atoms with Crippen molar-refractivity contribution < 1.29 is 0 Å². The van der Waals surface area contributed by atoms with Gasteiger partial charge in [-0.25, -0.2) is 0 Å². The van der Waals surface area contributed by atoms with Crippen LogP contribution < -0.4 is 5.32 Å². The van der Waals surface area contributed by atoms with Crippen LogP contribution in [0.15, 0.2) is 18.2 Å². The first kappa shape index (κ1) is 10.7. The van der Waals surface area contributed by atoms with E-state index in [-0.39, 0.29) is 0 Å². The summed E-state index contributed by atoms with van der Waals surface area (Å²) in [7, 11) is 0. The van der Waals surface area contributed by atoms with Crippen molar-refractivity contribution >= 4 is 0 Å². The van der Waals surface area contributed by atoms with Gasteiger partial charge < -0.3 is 5.32 Å². The Morgan fingerprint density at radius 3 is 2.80 bits per heavy atom. The van der Waals surface area contributed by atoms with Crippen LogP contribution in [0.5, 0.6) is 0 Å². The Morgan fingerprint density at radius 2 is 2.13 bits per heavy atom. The Bertz CT molecular complexity index is 343. The Kier molecular flexibility index (Phi) is 3.11. The Morgan fingerprint density at radius 1 is 1.33 bits per heavy atom. The van der Waals surface area contributed by atoms with Gasteiger partial charge in [0, 0.05) is 12.1 Å². The van der Waals surface area contributed by atoms with Crippen molar-refractivity contribution in [1.82, 2.24) is 5.32 Å². The van der Waals surface area contributed by atoms with Crippen LogP contribution in [-0.4, -0.2) is 6.04 Å². The maximum atomic E-state index is 3.66. The minimum absolute atomic E-state index is 0.564. The molecule has 1 nitrogen and oxygen atoms in total. The largest absolute Gasteiger partial charge is 0.307 e. The topological polar surface area (TPSA) is 12.0 Å². The smallest absolute Gasteiger partial charge is 0.0322 e. The standard InChI is InChI=1S/C14H21N/c1-4-11-6-7-13-12(9-11)8-10(3)15-14(13)5-2/h6-7,9-10,14-15H,4-5,8H2,1-3H3. The molecule has 82 valence electrons. The lowest BCUT2D eigenvalue weighted by Crippen LogP contribution is -2.37. The number of hydrogen-bond donors (Lipinski definition) is 1. The van der Waals surface area contributed by atoms with Gasteiger partial charge in [0.1, 0.15) is 0 Å². The molecule has 1 aliphatic heterocycles. The molecule has 0 radical (unpaired) electrons. The van der Waals surface area contributed by atoms with Gasteiger partial charge in [-0.1, -0.05) is 32.0 Å². The van der Waals surface area contributed by atoms with Gasteiger partial charge in [0.25, 0.3) is 0 Å². The van der Waals surface area contributed by atoms with E-state index < -0.39 is 0 Å². The molecule has 1 aromatic carbocycles. The first-order valence-electron chi connectivity index (χ1n) is 6.12. The summed E-state index contributed by atoms with van der Waals surface area (Å²) in [5.41, 5.74) is 4.55. The average Bonchev–Trinajstić information content (AvgIpc) is 2.26. The van der Waals surface area contributed by atoms with Gasteiger partial charge in [0.15, 0.2) is 0 Å². The van der Waals surface area contributed by atoms with E-state index in [2.05, 4.69) is 44.3 Å². The van der Waals surface area contributed by atoms with E-state index >= 15 is 0 Å². The van der Waals surface area contributed by atoms with E-state index in [1.807, 2.05) is 0 Å². The van der Waals surface area contributed by atoms with Crippen molar-refractivity contribution in [1.29, 1.82) is 0 Å². The lowest BCUT2D eigenvalue weighted by molar-refractivity contribution is 0.414. The van der Waals surface area contributed by atoms with Crippen molar-refractivity contribution in [3.8, 4) is 0 Å². The van der Waals surface area contributed by atoms with Gasteiger partial charge in [-0.2, -0.15) is 0 Å². The number of hydrogen-bond acceptors (Lipinski definition) is 1. The number of aryl methyl sites for hydroxylation is 1. The second-order valence-electron chi connectivity index (χ2n) is 4.62. The summed E-state index contributed by atoms with van der Waals surface area (Å²) in [6, 6.07) is 8.18. The second-order valence-corrected chi connectivity index (χ2v) is 4.62. The average molecular weight is 203 g/mol. The third-order valence-electron chi connectivity index (χ3n) is 3.41. The maximum absolute atomic E-state index is 3.66. The molecule has 0 spiro atoms. The van der Waals surface area contributed by atoms with E-state index in [0.717, 1.165) is 6.42 Å². The summed E-state index contributed by atoms with van der Waals surface area (Å²) in [6.07, 6.45) is 3.51. The number of nitrogens with one attached hydrogen (secondary N) is 1. The highest BCUT2D eigenvalue weighted by Crippen LogP contribution is 2.28. The molecular weight excluding hydrogens is 182 g/mol. The molecule has 1 aliphatic rings. The van der Waals surface area contributed by atoms with Crippen LogP contribution >= 0.6 is 0 Å². The zero-order valence-corrected chi connectivity index (χ0v) is 10.0. The van der Waals surface area contributed by atoms with Crippen LogP contribution in [0, 0.1) is 0 Å². The zero-order valence-electron chi connectivity index (χ0n) is 10.0. The molecule has 0 aliphatic carbocycles. The van der Waals surface area contributed by atoms with Gasteiger partial charge in [-0.05, 0) is 42.9 Å². The normalized spacial score (nSPS) is 25.0. The summed E-state index contributed by atoms with van der Waals surface area (Å²) in [4.78, 5) is 0. The Hall–Kier alpha value is -0.820. The molecule has 0 bridgehead atoms. The van der Waals surface area contributed by atoms with E-state index in [1.54, 1.807) is 5.56 Å². The van der Waals surface area contributed by atoms with Crippen LogP contribution in [0.2, 0.25) is 0 Å². The monoisotopic (exact) mass is 203 g/mol. The fourth-order valence-corrected chi connectivity index (χ4v) is 2.56. The quantitative estimate of drug-likeness (QED) is 0.778. The van der Waals surface area contributed by atoms with Gasteiger partial charge in [-0.15, -0.1) is 0 Å². The van der Waals surface area contributed by atoms with Crippen LogP contribution in [-0.2, 0) is 12.8 Å². The van der Waals surface area contributed by atoms with Gasteiger partial charge in [-0.3, -0.25) is 0 Å². The van der Waals surface area contributed by atoms with Gasteiger partial charge in [0.05, 0.1) is 0 Å². The van der Waals surface area contributed by atoms with Crippen molar-refractivity contribution in [2.24, 2.45) is 0 Å². The summed E-state index contributed by atoms with van der Waals surface area (Å²) >= 11 is 0. The second kappa shape index (κ2) is 4.36. The van der Waals surface area contributed by atoms with Crippen LogP contribution in [0.4, 0.5) is 0 Å². The van der Waals surface area contributed by atoms with E-state index in [0.29, 0.717) is 12.1 Å². The lowest BCUT2D eigenvalue weighted by Gasteiger charge is -2.31. The van der Waals surface area contributed by atoms with E-state index in [9.17, 15) is 0 Å². The van der Waals surface area contributed by atoms with Crippen LogP contribution in [0.25, 0.3) is 0 Å². The third kappa shape index (κ3) is 2.07. The molecule has 0 saturated heterocycles. The maximum Gasteiger partial charge on any atom is 0.0322 e. The minimum atomic E-state index is 0.564. The van der Waals surface area contributed by atoms with Crippen LogP contribution in [0.1, 0.15) is 49.9 Å². The molecule has 2 unspecified atom stereocenters. The molecule has 0 saturated carbocycles. The summed E-state index contributed by atoms with van der Waals surface area (Å²) in [5, 5.41) is 3.66. The first-order valence-corrected chi connectivity index (χ1v) is 6.12. The number of rotatable bonds is 2. The molecule has 1 heterocycles. The summed E-state index contributed by atoms with van der Waals surface area (Å²) in [6.45, 7) is 6.76. The molecule has 1 N–H and O–H groups in total. The van der Waals surface area contributed by atoms with Crippen molar-refractivity contribution in [2.75, 3.05) is 0 Å². The molecule has 1 aromatic rings. The minimum Gasteiger partial charge on any atom is -0.307 e. The summed E-state index contributed by atoms with van der Waals surface area (Å²) < 4.78 is 0. The predicted molar refractivity (Wildman–Crippen MR) is 65.2 cm³/mol. The van der Waals surface area contributed by atoms with E-state index in [4.69, 9.17) is 0 Å².